The van der Waals surface area contributed by atoms with Crippen molar-refractivity contribution in [3.05, 3.63) is 52.7 Å². The zero-order valence-corrected chi connectivity index (χ0v) is 15.0. The van der Waals surface area contributed by atoms with Crippen molar-refractivity contribution in [1.29, 1.82) is 0 Å². The normalized spacial score (nSPS) is 10.5. The Morgan fingerprint density at radius 1 is 1.24 bits per heavy atom. The van der Waals surface area contributed by atoms with Crippen molar-refractivity contribution in [3.63, 3.8) is 0 Å². The maximum Gasteiger partial charge on any atom is 0.271 e. The maximum atomic E-state index is 12.4. The van der Waals surface area contributed by atoms with E-state index in [9.17, 15) is 4.79 Å². The quantitative estimate of drug-likeness (QED) is 0.728. The Balaban J connectivity index is 1.71. The van der Waals surface area contributed by atoms with Gasteiger partial charge in [-0.05, 0) is 36.8 Å². The molecule has 0 bridgehead atoms. The van der Waals surface area contributed by atoms with E-state index in [1.54, 1.807) is 26.5 Å². The standard InChI is InChI=1S/C18H18N2O4S/c1-11-16(20-18(25-11)14-5-4-8-24-14)17(21)19-10-12-6-7-13(22-2)15(9-12)23-3/h4-9H,10H2,1-3H3,(H,19,21). The van der Waals surface area contributed by atoms with Gasteiger partial charge in [-0.3, -0.25) is 4.79 Å². The number of hydrogen-bond donors (Lipinski definition) is 1. The summed E-state index contributed by atoms with van der Waals surface area (Å²) in [6.45, 7) is 2.24. The molecule has 0 aliphatic rings. The number of aromatic nitrogens is 1. The van der Waals surface area contributed by atoms with Crippen molar-refractivity contribution in [2.75, 3.05) is 14.2 Å². The molecule has 6 nitrogen and oxygen atoms in total. The monoisotopic (exact) mass is 358 g/mol. The Kier molecular flexibility index (Phi) is 5.04. The van der Waals surface area contributed by atoms with Crippen LogP contribution in [0.5, 0.6) is 11.5 Å². The molecule has 0 spiro atoms. The summed E-state index contributed by atoms with van der Waals surface area (Å²) in [4.78, 5) is 17.7. The minimum absolute atomic E-state index is 0.221. The summed E-state index contributed by atoms with van der Waals surface area (Å²) in [5.74, 6) is 1.71. The molecule has 0 aliphatic carbocycles. The van der Waals surface area contributed by atoms with Gasteiger partial charge in [0.25, 0.3) is 5.91 Å². The van der Waals surface area contributed by atoms with Gasteiger partial charge in [0.15, 0.2) is 22.3 Å². The molecule has 2 aromatic heterocycles. The second-order valence-corrected chi connectivity index (χ2v) is 6.48. The number of rotatable bonds is 6. The predicted molar refractivity (Wildman–Crippen MR) is 95.3 cm³/mol. The third kappa shape index (κ3) is 3.66. The lowest BCUT2D eigenvalue weighted by Gasteiger charge is -2.10. The van der Waals surface area contributed by atoms with Crippen molar-refractivity contribution >= 4 is 17.2 Å². The molecule has 3 aromatic rings. The molecule has 1 amide bonds. The fourth-order valence-electron chi connectivity index (χ4n) is 2.37. The van der Waals surface area contributed by atoms with Gasteiger partial charge in [0.1, 0.15) is 5.69 Å². The molecule has 2 heterocycles. The lowest BCUT2D eigenvalue weighted by atomic mass is 10.2. The molecule has 0 unspecified atom stereocenters. The molecule has 0 atom stereocenters. The van der Waals surface area contributed by atoms with E-state index in [-0.39, 0.29) is 5.91 Å². The van der Waals surface area contributed by atoms with Crippen molar-refractivity contribution < 1.29 is 18.7 Å². The summed E-state index contributed by atoms with van der Waals surface area (Å²) < 4.78 is 15.8. The van der Waals surface area contributed by atoms with Gasteiger partial charge in [-0.2, -0.15) is 0 Å². The summed E-state index contributed by atoms with van der Waals surface area (Å²) in [7, 11) is 3.16. The first-order chi connectivity index (χ1) is 12.1. The molecule has 0 saturated heterocycles. The SMILES string of the molecule is COc1ccc(CNC(=O)c2nc(-c3ccco3)sc2C)cc1OC. The Labute approximate surface area is 149 Å². The van der Waals surface area contributed by atoms with E-state index in [0.29, 0.717) is 34.5 Å². The molecule has 1 N–H and O–H groups in total. The van der Waals surface area contributed by atoms with Crippen molar-refractivity contribution in [3.8, 4) is 22.3 Å². The highest BCUT2D eigenvalue weighted by atomic mass is 32.1. The number of carbonyl (C=O) groups excluding carboxylic acids is 1. The molecule has 0 saturated carbocycles. The maximum absolute atomic E-state index is 12.4. The van der Waals surface area contributed by atoms with Gasteiger partial charge in [0, 0.05) is 11.4 Å². The van der Waals surface area contributed by atoms with Gasteiger partial charge in [-0.25, -0.2) is 4.98 Å². The number of ether oxygens (including phenoxy) is 2. The van der Waals surface area contributed by atoms with Gasteiger partial charge in [0.2, 0.25) is 0 Å². The average molecular weight is 358 g/mol. The number of amides is 1. The van der Waals surface area contributed by atoms with Crippen LogP contribution in [-0.4, -0.2) is 25.1 Å². The molecule has 0 fully saturated rings. The van der Waals surface area contributed by atoms with E-state index in [0.717, 1.165) is 10.4 Å². The zero-order valence-electron chi connectivity index (χ0n) is 14.2. The highest BCUT2D eigenvalue weighted by molar-refractivity contribution is 7.15. The molecule has 1 aromatic carbocycles. The molecule has 25 heavy (non-hydrogen) atoms. The van der Waals surface area contributed by atoms with Crippen LogP contribution in [0.1, 0.15) is 20.9 Å². The van der Waals surface area contributed by atoms with Crippen LogP contribution in [0, 0.1) is 6.92 Å². The van der Waals surface area contributed by atoms with Gasteiger partial charge < -0.3 is 19.2 Å². The summed E-state index contributed by atoms with van der Waals surface area (Å²) in [5.41, 5.74) is 1.32. The highest BCUT2D eigenvalue weighted by Crippen LogP contribution is 2.29. The van der Waals surface area contributed by atoms with Gasteiger partial charge in [0.05, 0.1) is 20.5 Å². The third-order valence-electron chi connectivity index (χ3n) is 3.64. The van der Waals surface area contributed by atoms with Crippen LogP contribution < -0.4 is 14.8 Å². The zero-order chi connectivity index (χ0) is 17.8. The van der Waals surface area contributed by atoms with Crippen LogP contribution in [-0.2, 0) is 6.54 Å². The van der Waals surface area contributed by atoms with E-state index in [1.807, 2.05) is 31.2 Å². The minimum Gasteiger partial charge on any atom is -0.493 e. The van der Waals surface area contributed by atoms with E-state index in [4.69, 9.17) is 13.9 Å². The number of nitrogens with one attached hydrogen (secondary N) is 1. The second kappa shape index (κ2) is 7.40. The second-order valence-electron chi connectivity index (χ2n) is 5.27. The molecule has 0 radical (unpaired) electrons. The van der Waals surface area contributed by atoms with E-state index in [1.165, 1.54) is 11.3 Å². The van der Waals surface area contributed by atoms with Crippen molar-refractivity contribution in [2.45, 2.75) is 13.5 Å². The highest BCUT2D eigenvalue weighted by Gasteiger charge is 2.17. The molecule has 0 aliphatic heterocycles. The van der Waals surface area contributed by atoms with Crippen LogP contribution in [0.15, 0.2) is 41.0 Å². The molecule has 3 rings (SSSR count). The summed E-state index contributed by atoms with van der Waals surface area (Å²) >= 11 is 1.43. The number of carbonyl (C=O) groups is 1. The average Bonchev–Trinajstić information content (AvgIpc) is 3.28. The summed E-state index contributed by atoms with van der Waals surface area (Å²) in [6.07, 6.45) is 1.59. The predicted octanol–water partition coefficient (Wildman–Crippen LogP) is 3.66. The van der Waals surface area contributed by atoms with Crippen LogP contribution in [0.25, 0.3) is 10.8 Å². The first-order valence-corrected chi connectivity index (χ1v) is 8.44. The van der Waals surface area contributed by atoms with Gasteiger partial charge in [-0.15, -0.1) is 11.3 Å². The Bertz CT molecular complexity index is 871. The fourth-order valence-corrected chi connectivity index (χ4v) is 3.25. The lowest BCUT2D eigenvalue weighted by Crippen LogP contribution is -2.23. The van der Waals surface area contributed by atoms with E-state index in [2.05, 4.69) is 10.3 Å². The summed E-state index contributed by atoms with van der Waals surface area (Å²) in [5, 5.41) is 3.58. The molecular weight excluding hydrogens is 340 g/mol. The van der Waals surface area contributed by atoms with Crippen LogP contribution >= 0.6 is 11.3 Å². The van der Waals surface area contributed by atoms with Crippen LogP contribution in [0.2, 0.25) is 0 Å². The van der Waals surface area contributed by atoms with Gasteiger partial charge in [-0.1, -0.05) is 6.07 Å². The van der Waals surface area contributed by atoms with Crippen molar-refractivity contribution in [2.24, 2.45) is 0 Å². The Morgan fingerprint density at radius 3 is 2.72 bits per heavy atom. The number of furan rings is 1. The number of methoxy groups -OCH3 is 2. The number of nitrogens with zero attached hydrogens (tertiary/aromatic N) is 1. The van der Waals surface area contributed by atoms with Crippen molar-refractivity contribution in [1.82, 2.24) is 10.3 Å². The van der Waals surface area contributed by atoms with Crippen LogP contribution in [0.3, 0.4) is 0 Å². The Hall–Kier alpha value is -2.80. The topological polar surface area (TPSA) is 73.6 Å². The third-order valence-corrected chi connectivity index (χ3v) is 4.63. The van der Waals surface area contributed by atoms with Gasteiger partial charge >= 0.3 is 0 Å². The fraction of sp³-hybridized carbons (Fsp3) is 0.222. The van der Waals surface area contributed by atoms with E-state index < -0.39 is 0 Å². The number of hydrogen-bond acceptors (Lipinski definition) is 6. The first kappa shape index (κ1) is 17.0. The molecular formula is C18H18N2O4S. The van der Waals surface area contributed by atoms with E-state index >= 15 is 0 Å². The minimum atomic E-state index is -0.221. The van der Waals surface area contributed by atoms with Crippen LogP contribution in [0.4, 0.5) is 0 Å². The number of benzene rings is 1. The number of aryl methyl sites for hydroxylation is 1. The summed E-state index contributed by atoms with van der Waals surface area (Å²) in [6, 6.07) is 9.14. The first-order valence-electron chi connectivity index (χ1n) is 7.62. The molecule has 7 heteroatoms. The smallest absolute Gasteiger partial charge is 0.271 e. The molecule has 130 valence electrons. The number of thiazole rings is 1. The lowest BCUT2D eigenvalue weighted by molar-refractivity contribution is 0.0946. The largest absolute Gasteiger partial charge is 0.493 e. The Morgan fingerprint density at radius 2 is 2.04 bits per heavy atom.